The number of aliphatic carboxylic acids is 1. The molecule has 0 saturated carbocycles. The molecule has 0 atom stereocenters. The van der Waals surface area contributed by atoms with E-state index in [2.05, 4.69) is 0 Å². The van der Waals surface area contributed by atoms with Crippen LogP contribution in [-0.2, 0) is 21.9 Å². The number of hydrogen-bond acceptors (Lipinski definition) is 2. The molecule has 0 unspecified atom stereocenters. The molecule has 0 saturated heterocycles. The smallest absolute Gasteiger partial charge is 0.542 e. The van der Waals surface area contributed by atoms with Crippen LogP contribution < -0.4 is 5.11 Å². The van der Waals surface area contributed by atoms with Crippen molar-refractivity contribution in [3.8, 4) is 0 Å². The summed E-state index contributed by atoms with van der Waals surface area (Å²) < 4.78 is 31.5. The molecule has 0 spiro atoms. The molecule has 0 aliphatic carbocycles. The van der Waals surface area contributed by atoms with E-state index in [0.29, 0.717) is 0 Å². The van der Waals surface area contributed by atoms with Gasteiger partial charge in [0.25, 0.3) is 0 Å². The van der Waals surface area contributed by atoms with Crippen molar-refractivity contribution in [2.24, 2.45) is 0 Å². The van der Waals surface area contributed by atoms with Crippen LogP contribution in [0, 0.1) is 0 Å². The second kappa shape index (κ2) is 4.60. The van der Waals surface area contributed by atoms with Crippen molar-refractivity contribution < 1.29 is 45.6 Å². The first-order valence-electron chi connectivity index (χ1n) is 1.23. The van der Waals surface area contributed by atoms with Gasteiger partial charge < -0.3 is 15.4 Å². The molecule has 0 bridgehead atoms. The summed E-state index contributed by atoms with van der Waals surface area (Å²) in [5.41, 5.74) is 0. The van der Waals surface area contributed by atoms with Crippen LogP contribution in [0.2, 0.25) is 0 Å². The molecular formula is C2H2CuF3O3+. The number of carboxylic acid groups (broad SMARTS) is 1. The summed E-state index contributed by atoms with van der Waals surface area (Å²) in [5.74, 6) is -3.01. The first-order chi connectivity index (χ1) is 2.94. The van der Waals surface area contributed by atoms with Gasteiger partial charge in [0.1, 0.15) is 5.97 Å². The molecule has 3 nitrogen and oxygen atoms in total. The fourth-order valence-electron chi connectivity index (χ4n) is 0. The van der Waals surface area contributed by atoms with E-state index in [0.717, 1.165) is 0 Å². The van der Waals surface area contributed by atoms with Gasteiger partial charge >= 0.3 is 23.2 Å². The molecule has 1 radical (unpaired) electrons. The van der Waals surface area contributed by atoms with Gasteiger partial charge in [-0.05, 0) is 0 Å². The Bertz CT molecular complexity index is 89.5. The Kier molecular flexibility index (Phi) is 8.13. The van der Waals surface area contributed by atoms with Gasteiger partial charge in [-0.15, -0.1) is 0 Å². The average molecular weight is 195 g/mol. The summed E-state index contributed by atoms with van der Waals surface area (Å²) in [6.45, 7) is 0. The van der Waals surface area contributed by atoms with Crippen LogP contribution in [-0.4, -0.2) is 17.6 Å². The minimum Gasteiger partial charge on any atom is -0.542 e. The zero-order valence-corrected chi connectivity index (χ0v) is 4.69. The molecule has 0 fully saturated rings. The Morgan fingerprint density at radius 3 is 1.44 bits per heavy atom. The van der Waals surface area contributed by atoms with Crippen LogP contribution in [0.5, 0.6) is 0 Å². The standard InChI is InChI=1S/C2HF3O2.Cu.H2O/c3-2(4,5)1(6)7;;/h(H,6,7);;1H2/q;+2;/p-1. The van der Waals surface area contributed by atoms with Crippen molar-refractivity contribution in [3.05, 3.63) is 0 Å². The van der Waals surface area contributed by atoms with Crippen LogP contribution in [0.1, 0.15) is 0 Å². The summed E-state index contributed by atoms with van der Waals surface area (Å²) >= 11 is 0. The first kappa shape index (κ1) is 15.9. The topological polar surface area (TPSA) is 71.6 Å². The van der Waals surface area contributed by atoms with Gasteiger partial charge in [-0.3, -0.25) is 0 Å². The van der Waals surface area contributed by atoms with Crippen LogP contribution in [0.4, 0.5) is 13.2 Å². The minimum absolute atomic E-state index is 0. The molecule has 0 aliphatic heterocycles. The third kappa shape index (κ3) is 7.74. The van der Waals surface area contributed by atoms with Crippen molar-refractivity contribution in [2.45, 2.75) is 6.18 Å². The van der Waals surface area contributed by atoms with E-state index < -0.39 is 12.1 Å². The normalized spacial score (nSPS) is 8.78. The van der Waals surface area contributed by atoms with Gasteiger partial charge in [0.2, 0.25) is 0 Å². The molecule has 0 aromatic rings. The van der Waals surface area contributed by atoms with Gasteiger partial charge in [-0.2, -0.15) is 13.2 Å². The molecule has 0 aliphatic rings. The van der Waals surface area contributed by atoms with Crippen LogP contribution >= 0.6 is 0 Å². The van der Waals surface area contributed by atoms with E-state index in [4.69, 9.17) is 9.90 Å². The number of rotatable bonds is 0. The SMILES string of the molecule is O.O=C([O-])C(F)(F)F.[Cu+2]. The largest absolute Gasteiger partial charge is 2.00 e. The maximum Gasteiger partial charge on any atom is 2.00 e. The predicted octanol–water partition coefficient (Wildman–Crippen LogP) is -1.53. The second-order valence-corrected chi connectivity index (χ2v) is 0.785. The van der Waals surface area contributed by atoms with Crippen molar-refractivity contribution in [3.63, 3.8) is 0 Å². The van der Waals surface area contributed by atoms with E-state index in [1.54, 1.807) is 0 Å². The third-order valence-corrected chi connectivity index (χ3v) is 0.231. The zero-order chi connectivity index (χ0) is 6.08. The van der Waals surface area contributed by atoms with Gasteiger partial charge in [0.15, 0.2) is 0 Å². The Labute approximate surface area is 58.6 Å². The molecule has 2 N–H and O–H groups in total. The monoisotopic (exact) mass is 194 g/mol. The summed E-state index contributed by atoms with van der Waals surface area (Å²) in [6, 6.07) is 0. The zero-order valence-electron chi connectivity index (χ0n) is 3.75. The molecule has 0 aromatic carbocycles. The maximum atomic E-state index is 10.5. The van der Waals surface area contributed by atoms with Gasteiger partial charge in [-0.25, -0.2) is 0 Å². The average Bonchev–Trinajstić information content (AvgIpc) is 1.31. The molecule has 0 aromatic heterocycles. The van der Waals surface area contributed by atoms with E-state index in [-0.39, 0.29) is 22.5 Å². The van der Waals surface area contributed by atoms with Crippen LogP contribution in [0.15, 0.2) is 0 Å². The molecule has 9 heavy (non-hydrogen) atoms. The van der Waals surface area contributed by atoms with E-state index in [1.165, 1.54) is 0 Å². The number of carbonyl (C=O) groups is 1. The molecule has 0 amide bonds. The molecule has 0 rings (SSSR count). The molecular weight excluding hydrogens is 193 g/mol. The molecule has 0 heterocycles. The summed E-state index contributed by atoms with van der Waals surface area (Å²) in [5, 5.41) is 8.78. The number of carbonyl (C=O) groups excluding carboxylic acids is 1. The summed E-state index contributed by atoms with van der Waals surface area (Å²) in [7, 11) is 0. The summed E-state index contributed by atoms with van der Waals surface area (Å²) in [6.07, 6.45) is -5.19. The Morgan fingerprint density at radius 2 is 1.44 bits per heavy atom. The maximum absolute atomic E-state index is 10.5. The number of hydrogen-bond donors (Lipinski definition) is 0. The quantitative estimate of drug-likeness (QED) is 0.439. The Balaban J connectivity index is -0.000000180. The second-order valence-electron chi connectivity index (χ2n) is 0.785. The Hall–Kier alpha value is -0.261. The van der Waals surface area contributed by atoms with Crippen molar-refractivity contribution in [1.82, 2.24) is 0 Å². The summed E-state index contributed by atoms with van der Waals surface area (Å²) in [4.78, 5) is 8.78. The number of halogens is 3. The van der Waals surface area contributed by atoms with Gasteiger partial charge in [0, 0.05) is 0 Å². The third-order valence-electron chi connectivity index (χ3n) is 0.231. The van der Waals surface area contributed by atoms with Crippen LogP contribution in [0.3, 0.4) is 0 Å². The van der Waals surface area contributed by atoms with Gasteiger partial charge in [0.05, 0.1) is 0 Å². The Morgan fingerprint density at radius 1 is 1.33 bits per heavy atom. The number of carboxylic acids is 1. The van der Waals surface area contributed by atoms with Crippen molar-refractivity contribution in [1.29, 1.82) is 0 Å². The minimum atomic E-state index is -5.19. The van der Waals surface area contributed by atoms with Crippen LogP contribution in [0.25, 0.3) is 0 Å². The fourth-order valence-corrected chi connectivity index (χ4v) is 0. The fraction of sp³-hybridized carbons (Fsp3) is 0.500. The van der Waals surface area contributed by atoms with E-state index in [1.807, 2.05) is 0 Å². The van der Waals surface area contributed by atoms with Gasteiger partial charge in [-0.1, -0.05) is 0 Å². The predicted molar refractivity (Wildman–Crippen MR) is 14.7 cm³/mol. The number of alkyl halides is 3. The van der Waals surface area contributed by atoms with E-state index in [9.17, 15) is 13.2 Å². The molecule has 7 heteroatoms. The van der Waals surface area contributed by atoms with E-state index >= 15 is 0 Å². The van der Waals surface area contributed by atoms with Crippen molar-refractivity contribution >= 4 is 5.97 Å². The first-order valence-corrected chi connectivity index (χ1v) is 1.23. The van der Waals surface area contributed by atoms with Crippen molar-refractivity contribution in [2.75, 3.05) is 0 Å². The molecule has 59 valence electrons.